The molecule has 1 spiro atoms. The second-order valence-corrected chi connectivity index (χ2v) is 13.3. The van der Waals surface area contributed by atoms with Crippen LogP contribution in [-0.4, -0.2) is 36.2 Å². The molecule has 3 aliphatic carbocycles. The summed E-state index contributed by atoms with van der Waals surface area (Å²) in [5.74, 6) is 1.32. The van der Waals surface area contributed by atoms with E-state index in [1.807, 2.05) is 0 Å². The number of hydrogen-bond donors (Lipinski definition) is 0. The Kier molecular flexibility index (Phi) is 4.71. The molecule has 6 nitrogen and oxygen atoms in total. The molecule has 0 unspecified atom stereocenters. The van der Waals surface area contributed by atoms with Gasteiger partial charge in [0.1, 0.15) is 6.10 Å². The molecule has 0 aromatic carbocycles. The SMILES string of the molecule is CC(=O)O[C@@H]1C[C@@H]2[C@@H](CC[C@H]3[C@@]2(C)CC[C@H]2C(C)(C)CCC[C@]32C)[C@@H]2O[C@H]3OC(=O)C[C@@]31O2. The van der Waals surface area contributed by atoms with Crippen LogP contribution in [0.1, 0.15) is 92.4 Å². The molecular weight excluding hydrogens is 420 g/mol. The molecule has 6 fully saturated rings. The predicted molar refractivity (Wildman–Crippen MR) is 120 cm³/mol. The molecule has 3 aliphatic heterocycles. The maximum absolute atomic E-state index is 12.2. The summed E-state index contributed by atoms with van der Waals surface area (Å²) in [6.07, 6.45) is 7.84. The zero-order valence-corrected chi connectivity index (χ0v) is 20.9. The Morgan fingerprint density at radius 2 is 1.79 bits per heavy atom. The van der Waals surface area contributed by atoms with E-state index in [1.165, 1.54) is 45.4 Å². The molecule has 0 radical (unpaired) electrons. The summed E-state index contributed by atoms with van der Waals surface area (Å²) >= 11 is 0. The van der Waals surface area contributed by atoms with E-state index in [9.17, 15) is 9.59 Å². The second kappa shape index (κ2) is 6.96. The van der Waals surface area contributed by atoms with Crippen molar-refractivity contribution in [2.45, 2.75) is 117 Å². The minimum atomic E-state index is -0.995. The summed E-state index contributed by atoms with van der Waals surface area (Å²) in [6, 6.07) is 0. The van der Waals surface area contributed by atoms with E-state index in [0.717, 1.165) is 18.8 Å². The van der Waals surface area contributed by atoms with Crippen molar-refractivity contribution in [2.24, 2.45) is 39.9 Å². The van der Waals surface area contributed by atoms with Crippen LogP contribution < -0.4 is 0 Å². The summed E-state index contributed by atoms with van der Waals surface area (Å²) < 4.78 is 24.2. The lowest BCUT2D eigenvalue weighted by atomic mass is 9.38. The van der Waals surface area contributed by atoms with Gasteiger partial charge in [0.2, 0.25) is 6.29 Å². The van der Waals surface area contributed by atoms with E-state index in [1.54, 1.807) is 0 Å². The van der Waals surface area contributed by atoms with Crippen molar-refractivity contribution in [1.29, 1.82) is 0 Å². The van der Waals surface area contributed by atoms with Crippen LogP contribution in [-0.2, 0) is 28.5 Å². The summed E-state index contributed by atoms with van der Waals surface area (Å²) in [4.78, 5) is 24.4. The van der Waals surface area contributed by atoms with Crippen molar-refractivity contribution >= 4 is 11.9 Å². The first-order chi connectivity index (χ1) is 15.5. The van der Waals surface area contributed by atoms with E-state index in [-0.39, 0.29) is 36.0 Å². The molecule has 3 saturated carbocycles. The lowest BCUT2D eigenvalue weighted by Crippen LogP contribution is -2.60. The maximum Gasteiger partial charge on any atom is 0.311 e. The summed E-state index contributed by atoms with van der Waals surface area (Å²) in [7, 11) is 0. The van der Waals surface area contributed by atoms with Gasteiger partial charge in [0, 0.05) is 12.8 Å². The highest BCUT2D eigenvalue weighted by Gasteiger charge is 2.71. The van der Waals surface area contributed by atoms with Gasteiger partial charge in [0.25, 0.3) is 0 Å². The number of rotatable bonds is 1. The van der Waals surface area contributed by atoms with Crippen molar-refractivity contribution in [3.05, 3.63) is 0 Å². The Morgan fingerprint density at radius 3 is 2.55 bits per heavy atom. The van der Waals surface area contributed by atoms with Crippen molar-refractivity contribution < 1.29 is 28.5 Å². The molecule has 184 valence electrons. The highest BCUT2D eigenvalue weighted by molar-refractivity contribution is 5.74. The fourth-order valence-electron chi connectivity index (χ4n) is 10.1. The average Bonchev–Trinajstić information content (AvgIpc) is 3.15. The average molecular weight is 461 g/mol. The van der Waals surface area contributed by atoms with Crippen LogP contribution in [0, 0.1) is 39.9 Å². The lowest BCUT2D eigenvalue weighted by molar-refractivity contribution is -0.222. The van der Waals surface area contributed by atoms with Gasteiger partial charge in [-0.05, 0) is 78.9 Å². The summed E-state index contributed by atoms with van der Waals surface area (Å²) in [6.45, 7) is 11.5. The molecule has 2 bridgehead atoms. The smallest absolute Gasteiger partial charge is 0.311 e. The minimum Gasteiger partial charge on any atom is -0.459 e. The Labute approximate surface area is 197 Å². The van der Waals surface area contributed by atoms with E-state index < -0.39 is 18.0 Å². The Morgan fingerprint density at radius 1 is 1.00 bits per heavy atom. The van der Waals surface area contributed by atoms with Gasteiger partial charge in [-0.2, -0.15) is 0 Å². The number of carbonyl (C=O) groups excluding carboxylic acids is 2. The highest BCUT2D eigenvalue weighted by atomic mass is 16.8. The maximum atomic E-state index is 12.2. The number of hydrogen-bond acceptors (Lipinski definition) is 6. The van der Waals surface area contributed by atoms with Gasteiger partial charge in [-0.1, -0.05) is 34.1 Å². The number of carbonyl (C=O) groups is 2. The molecular formula is C27H40O6. The third kappa shape index (κ3) is 2.92. The predicted octanol–water partition coefficient (Wildman–Crippen LogP) is 4.98. The summed E-state index contributed by atoms with van der Waals surface area (Å²) in [5.41, 5.74) is -0.109. The summed E-state index contributed by atoms with van der Waals surface area (Å²) in [5, 5.41) is 0. The molecule has 0 N–H and O–H groups in total. The van der Waals surface area contributed by atoms with Crippen LogP contribution in [0.3, 0.4) is 0 Å². The standard InChI is InChI=1S/C27H40O6/c1-15(28)30-20-13-17-16(22-32-23-27(20,33-22)14-21(29)31-23)7-8-19-25(17,4)12-9-18-24(2,3)10-6-11-26(18,19)5/h16-20,22-23H,6-14H2,1-5H3/t16-,17-,18+,19+,20-,22-,23-,25+,26+,27+/m1/s1. The van der Waals surface area contributed by atoms with Crippen LogP contribution >= 0.6 is 0 Å². The molecule has 0 amide bonds. The monoisotopic (exact) mass is 460 g/mol. The van der Waals surface area contributed by atoms with Crippen LogP contribution in [0.2, 0.25) is 0 Å². The third-order valence-electron chi connectivity index (χ3n) is 11.3. The topological polar surface area (TPSA) is 71.1 Å². The van der Waals surface area contributed by atoms with Gasteiger partial charge in [0.05, 0.1) is 6.42 Å². The molecule has 10 atom stereocenters. The van der Waals surface area contributed by atoms with E-state index in [0.29, 0.717) is 22.7 Å². The van der Waals surface area contributed by atoms with E-state index in [2.05, 4.69) is 27.7 Å². The molecule has 0 aromatic rings. The largest absolute Gasteiger partial charge is 0.459 e. The quantitative estimate of drug-likeness (QED) is 0.514. The Balaban J connectivity index is 1.39. The zero-order valence-electron chi connectivity index (χ0n) is 20.9. The van der Waals surface area contributed by atoms with Crippen LogP contribution in [0.25, 0.3) is 0 Å². The van der Waals surface area contributed by atoms with Crippen LogP contribution in [0.5, 0.6) is 0 Å². The van der Waals surface area contributed by atoms with Gasteiger partial charge >= 0.3 is 11.9 Å². The Hall–Kier alpha value is -1.14. The fourth-order valence-corrected chi connectivity index (χ4v) is 10.1. The van der Waals surface area contributed by atoms with Crippen LogP contribution in [0.4, 0.5) is 0 Å². The fraction of sp³-hybridized carbons (Fsp3) is 0.926. The zero-order chi connectivity index (χ0) is 23.4. The van der Waals surface area contributed by atoms with Crippen molar-refractivity contribution in [2.75, 3.05) is 0 Å². The Bertz CT molecular complexity index is 869. The van der Waals surface area contributed by atoms with Gasteiger partial charge in [-0.3, -0.25) is 9.59 Å². The second-order valence-electron chi connectivity index (χ2n) is 13.3. The molecule has 6 aliphatic rings. The molecule has 3 saturated heterocycles. The van der Waals surface area contributed by atoms with E-state index in [4.69, 9.17) is 18.9 Å². The molecule has 6 heteroatoms. The van der Waals surface area contributed by atoms with Gasteiger partial charge < -0.3 is 18.9 Å². The first-order valence-corrected chi connectivity index (χ1v) is 13.2. The highest BCUT2D eigenvalue weighted by Crippen LogP contribution is 2.71. The minimum absolute atomic E-state index is 0.0969. The molecule has 0 aromatic heterocycles. The van der Waals surface area contributed by atoms with Crippen molar-refractivity contribution in [1.82, 2.24) is 0 Å². The molecule has 3 heterocycles. The van der Waals surface area contributed by atoms with E-state index >= 15 is 0 Å². The van der Waals surface area contributed by atoms with Gasteiger partial charge in [-0.25, -0.2) is 0 Å². The number of fused-ring (bicyclic) bond motifs is 7. The first kappa shape index (κ1) is 22.3. The normalized spacial score (nSPS) is 54.2. The number of esters is 2. The first-order valence-electron chi connectivity index (χ1n) is 13.2. The van der Waals surface area contributed by atoms with Gasteiger partial charge in [-0.15, -0.1) is 0 Å². The molecule has 33 heavy (non-hydrogen) atoms. The molecule has 6 rings (SSSR count). The lowest BCUT2D eigenvalue weighted by Gasteiger charge is -2.67. The van der Waals surface area contributed by atoms with Gasteiger partial charge in [0.15, 0.2) is 11.9 Å². The third-order valence-corrected chi connectivity index (χ3v) is 11.3. The number of ether oxygens (including phenoxy) is 4. The van der Waals surface area contributed by atoms with Crippen molar-refractivity contribution in [3.63, 3.8) is 0 Å². The van der Waals surface area contributed by atoms with Crippen molar-refractivity contribution in [3.8, 4) is 0 Å². The van der Waals surface area contributed by atoms with Crippen LogP contribution in [0.15, 0.2) is 0 Å².